The van der Waals surface area contributed by atoms with E-state index in [0.29, 0.717) is 6.42 Å². The standard InChI is InChI=1S/C14H30O6Si3/c1-9-10-11(13(15)16)12(14(17)18)22(5,6)20-23(7,8)19-21(2,3)4/h9-10H2,1-8H3,(H,15,16)(H,17,18)/b12-11-. The maximum atomic E-state index is 11.8. The van der Waals surface area contributed by atoms with Gasteiger partial charge in [-0.2, -0.15) is 0 Å². The molecule has 9 heteroatoms. The molecule has 0 heterocycles. The van der Waals surface area contributed by atoms with Crippen molar-refractivity contribution in [3.63, 3.8) is 0 Å². The highest BCUT2D eigenvalue weighted by Gasteiger charge is 2.44. The van der Waals surface area contributed by atoms with Crippen LogP contribution in [0.3, 0.4) is 0 Å². The molecule has 0 atom stereocenters. The lowest BCUT2D eigenvalue weighted by Crippen LogP contribution is -2.53. The van der Waals surface area contributed by atoms with Gasteiger partial charge in [-0.3, -0.25) is 0 Å². The van der Waals surface area contributed by atoms with Crippen molar-refractivity contribution in [3.05, 3.63) is 10.8 Å². The van der Waals surface area contributed by atoms with E-state index < -0.39 is 37.1 Å². The summed E-state index contributed by atoms with van der Waals surface area (Å²) in [7, 11) is -7.33. The Morgan fingerprint density at radius 1 is 0.870 bits per heavy atom. The molecule has 0 amide bonds. The average Bonchev–Trinajstić information content (AvgIpc) is 2.21. The van der Waals surface area contributed by atoms with Crippen LogP contribution in [0.25, 0.3) is 0 Å². The molecule has 0 rings (SSSR count). The summed E-state index contributed by atoms with van der Waals surface area (Å²) in [5.41, 5.74) is -0.0468. The lowest BCUT2D eigenvalue weighted by Gasteiger charge is -2.38. The number of hydrogen-bond acceptors (Lipinski definition) is 4. The molecule has 6 nitrogen and oxygen atoms in total. The molecule has 0 aromatic heterocycles. The van der Waals surface area contributed by atoms with Crippen molar-refractivity contribution in [2.24, 2.45) is 0 Å². The van der Waals surface area contributed by atoms with Crippen LogP contribution >= 0.6 is 0 Å². The topological polar surface area (TPSA) is 93.1 Å². The monoisotopic (exact) mass is 378 g/mol. The first-order valence-electron chi connectivity index (χ1n) is 7.73. The Balaban J connectivity index is 5.84. The number of hydrogen-bond donors (Lipinski definition) is 2. The summed E-state index contributed by atoms with van der Waals surface area (Å²) in [6, 6.07) is 0. The van der Waals surface area contributed by atoms with Crippen LogP contribution in [0.4, 0.5) is 0 Å². The summed E-state index contributed by atoms with van der Waals surface area (Å²) in [5.74, 6) is -2.38. The van der Waals surface area contributed by atoms with E-state index in [1.807, 2.05) is 39.7 Å². The molecule has 134 valence electrons. The molecule has 0 aromatic rings. The lowest BCUT2D eigenvalue weighted by atomic mass is 10.1. The van der Waals surface area contributed by atoms with Crippen molar-refractivity contribution in [1.82, 2.24) is 0 Å². The Morgan fingerprint density at radius 3 is 1.65 bits per heavy atom. The zero-order valence-electron chi connectivity index (χ0n) is 15.4. The Morgan fingerprint density at radius 2 is 1.35 bits per heavy atom. The van der Waals surface area contributed by atoms with Crippen molar-refractivity contribution in [2.45, 2.75) is 65.6 Å². The van der Waals surface area contributed by atoms with Gasteiger partial charge < -0.3 is 18.4 Å². The molecule has 0 aliphatic carbocycles. The Kier molecular flexibility index (Phi) is 7.63. The van der Waals surface area contributed by atoms with Crippen molar-refractivity contribution in [3.8, 4) is 0 Å². The SMILES string of the molecule is CCC/C(C(=O)O)=C(\C(=O)O)[Si](C)(C)O[Si](C)(C)O[Si](C)(C)C. The van der Waals surface area contributed by atoms with Crippen LogP contribution in [-0.2, 0) is 17.8 Å². The van der Waals surface area contributed by atoms with Gasteiger partial charge in [0.15, 0.2) is 8.32 Å². The Hall–Kier alpha value is -0.749. The van der Waals surface area contributed by atoms with Gasteiger partial charge in [-0.15, -0.1) is 0 Å². The smallest absolute Gasteiger partial charge is 0.331 e. The van der Waals surface area contributed by atoms with Gasteiger partial charge in [-0.25, -0.2) is 9.59 Å². The van der Waals surface area contributed by atoms with Gasteiger partial charge in [0, 0.05) is 5.57 Å². The van der Waals surface area contributed by atoms with Crippen LogP contribution in [0.2, 0.25) is 45.8 Å². The first-order chi connectivity index (χ1) is 10.1. The molecule has 2 N–H and O–H groups in total. The molecular formula is C14H30O6Si3. The molecule has 0 aliphatic heterocycles. The second-order valence-electron chi connectivity index (χ2n) is 7.44. The number of carboxylic acid groups (broad SMARTS) is 2. The predicted octanol–water partition coefficient (Wildman–Crippen LogP) is 3.57. The van der Waals surface area contributed by atoms with Crippen LogP contribution in [-0.4, -0.2) is 47.3 Å². The van der Waals surface area contributed by atoms with Crippen molar-refractivity contribution in [1.29, 1.82) is 0 Å². The minimum atomic E-state index is -2.94. The van der Waals surface area contributed by atoms with Crippen LogP contribution in [0.1, 0.15) is 19.8 Å². The second kappa shape index (κ2) is 7.88. The Labute approximate surface area is 142 Å². The summed E-state index contributed by atoms with van der Waals surface area (Å²) in [4.78, 5) is 23.3. The zero-order valence-corrected chi connectivity index (χ0v) is 18.4. The van der Waals surface area contributed by atoms with Crippen LogP contribution in [0, 0.1) is 0 Å². The highest BCUT2D eigenvalue weighted by molar-refractivity contribution is 6.92. The average molecular weight is 379 g/mol. The van der Waals surface area contributed by atoms with Crippen molar-refractivity contribution >= 4 is 37.1 Å². The Bertz CT molecular complexity index is 491. The lowest BCUT2D eigenvalue weighted by molar-refractivity contribution is -0.135. The van der Waals surface area contributed by atoms with Gasteiger partial charge >= 0.3 is 20.5 Å². The summed E-state index contributed by atoms with van der Waals surface area (Å²) in [6.45, 7) is 15.2. The maximum Gasteiger partial charge on any atom is 0.331 e. The number of carbonyl (C=O) groups is 2. The van der Waals surface area contributed by atoms with Crippen LogP contribution in [0.5, 0.6) is 0 Å². The normalized spacial score (nSPS) is 14.4. The minimum Gasteiger partial charge on any atom is -0.478 e. The van der Waals surface area contributed by atoms with Gasteiger partial charge in [0.25, 0.3) is 0 Å². The van der Waals surface area contributed by atoms with E-state index in [0.717, 1.165) is 0 Å². The van der Waals surface area contributed by atoms with E-state index in [1.54, 1.807) is 13.1 Å². The third-order valence-corrected chi connectivity index (χ3v) is 13.1. The minimum absolute atomic E-state index is 0.0468. The molecule has 0 aromatic carbocycles. The third kappa shape index (κ3) is 7.57. The number of carboxylic acids is 2. The number of aliphatic carboxylic acids is 2. The molecule has 0 bridgehead atoms. The third-order valence-electron chi connectivity index (χ3n) is 2.93. The maximum absolute atomic E-state index is 11.8. The second-order valence-corrected chi connectivity index (χ2v) is 19.6. The summed E-state index contributed by atoms with van der Waals surface area (Å²) < 4.78 is 12.3. The highest BCUT2D eigenvalue weighted by atomic mass is 28.5. The van der Waals surface area contributed by atoms with E-state index in [-0.39, 0.29) is 17.2 Å². The molecule has 23 heavy (non-hydrogen) atoms. The molecule has 0 saturated carbocycles. The molecule has 0 aliphatic rings. The van der Waals surface area contributed by atoms with E-state index in [1.165, 1.54) is 0 Å². The summed E-state index contributed by atoms with van der Waals surface area (Å²) in [6.07, 6.45) is 0.780. The van der Waals surface area contributed by atoms with Gasteiger partial charge in [0.2, 0.25) is 8.32 Å². The molecule has 0 fully saturated rings. The quantitative estimate of drug-likeness (QED) is 0.470. The van der Waals surface area contributed by atoms with E-state index in [9.17, 15) is 19.8 Å². The van der Waals surface area contributed by atoms with Gasteiger partial charge in [0.05, 0.1) is 5.20 Å². The largest absolute Gasteiger partial charge is 0.478 e. The van der Waals surface area contributed by atoms with Crippen molar-refractivity contribution in [2.75, 3.05) is 0 Å². The van der Waals surface area contributed by atoms with E-state index >= 15 is 0 Å². The fourth-order valence-electron chi connectivity index (χ4n) is 2.76. The van der Waals surface area contributed by atoms with Crippen LogP contribution in [0.15, 0.2) is 10.8 Å². The molecular weight excluding hydrogens is 348 g/mol. The zero-order chi connectivity index (χ0) is 18.6. The van der Waals surface area contributed by atoms with Gasteiger partial charge in [-0.05, 0) is 52.2 Å². The molecule has 0 unspecified atom stereocenters. The molecule has 0 radical (unpaired) electrons. The fraction of sp³-hybridized carbons (Fsp3) is 0.714. The molecule has 0 spiro atoms. The van der Waals surface area contributed by atoms with E-state index in [4.69, 9.17) is 8.23 Å². The number of rotatable bonds is 9. The predicted molar refractivity (Wildman–Crippen MR) is 97.7 cm³/mol. The summed E-state index contributed by atoms with van der Waals surface area (Å²) in [5, 5.41) is 18.9. The van der Waals surface area contributed by atoms with Gasteiger partial charge in [0.1, 0.15) is 0 Å². The van der Waals surface area contributed by atoms with Gasteiger partial charge in [-0.1, -0.05) is 13.3 Å². The fourth-order valence-corrected chi connectivity index (χ4v) is 16.0. The summed E-state index contributed by atoms with van der Waals surface area (Å²) >= 11 is 0. The van der Waals surface area contributed by atoms with E-state index in [2.05, 4.69) is 0 Å². The highest BCUT2D eigenvalue weighted by Crippen LogP contribution is 2.28. The van der Waals surface area contributed by atoms with Crippen molar-refractivity contribution < 1.29 is 28.0 Å². The first-order valence-corrected chi connectivity index (χ1v) is 16.9. The molecule has 0 saturated heterocycles. The van der Waals surface area contributed by atoms with Crippen LogP contribution < -0.4 is 0 Å². The first kappa shape index (κ1) is 22.3.